The van der Waals surface area contributed by atoms with E-state index in [2.05, 4.69) is 34.6 Å². The Morgan fingerprint density at radius 3 is 2.73 bits per heavy atom. The van der Waals surface area contributed by atoms with E-state index in [4.69, 9.17) is 4.74 Å². The van der Waals surface area contributed by atoms with E-state index in [1.54, 1.807) is 0 Å². The molecular formula is C12H16N2O. The molecule has 15 heavy (non-hydrogen) atoms. The van der Waals surface area contributed by atoms with Crippen molar-refractivity contribution in [3.63, 3.8) is 0 Å². The maximum Gasteiger partial charge on any atom is 0.128 e. The molecule has 0 radical (unpaired) electrons. The van der Waals surface area contributed by atoms with Crippen LogP contribution in [0.2, 0.25) is 0 Å². The van der Waals surface area contributed by atoms with Crippen molar-refractivity contribution >= 4 is 5.84 Å². The lowest BCUT2D eigenvalue weighted by atomic mass is 10.1. The second kappa shape index (κ2) is 4.94. The molecule has 0 aromatic heterocycles. The molecule has 1 aromatic rings. The third-order valence-electron chi connectivity index (χ3n) is 2.37. The van der Waals surface area contributed by atoms with Gasteiger partial charge in [0.2, 0.25) is 0 Å². The molecule has 0 atom stereocenters. The molecule has 3 heteroatoms. The number of hydrogen-bond donors (Lipinski definition) is 1. The number of nitrogens with one attached hydrogen (secondary N) is 1. The Labute approximate surface area is 90.2 Å². The van der Waals surface area contributed by atoms with Crippen molar-refractivity contribution in [3.05, 3.63) is 35.4 Å². The summed E-state index contributed by atoms with van der Waals surface area (Å²) in [4.78, 5) is 4.37. The van der Waals surface area contributed by atoms with E-state index in [9.17, 15) is 0 Å². The number of nitrogens with zero attached hydrogens (tertiary/aromatic N) is 1. The Bertz CT molecular complexity index is 343. The number of ether oxygens (including phenoxy) is 1. The standard InChI is InChI=1S/C12H16N2O/c1-2-15-9-10-3-5-11(6-4-10)12-13-7-8-14-12/h3-6H,2,7-9H2,1H3,(H,13,14). The number of amidine groups is 1. The van der Waals surface area contributed by atoms with Crippen LogP contribution in [0.25, 0.3) is 0 Å². The summed E-state index contributed by atoms with van der Waals surface area (Å²) in [5.74, 6) is 1.01. The van der Waals surface area contributed by atoms with Crippen molar-refractivity contribution in [2.45, 2.75) is 13.5 Å². The predicted molar refractivity (Wildman–Crippen MR) is 61.2 cm³/mol. The SMILES string of the molecule is CCOCc1ccc(C2=NCCN2)cc1. The van der Waals surface area contributed by atoms with Crippen LogP contribution in [-0.4, -0.2) is 25.5 Å². The zero-order valence-electron chi connectivity index (χ0n) is 8.99. The summed E-state index contributed by atoms with van der Waals surface area (Å²) >= 11 is 0. The first kappa shape index (κ1) is 10.2. The van der Waals surface area contributed by atoms with E-state index in [1.165, 1.54) is 5.56 Å². The van der Waals surface area contributed by atoms with Gasteiger partial charge in [0.1, 0.15) is 5.84 Å². The maximum absolute atomic E-state index is 5.34. The molecule has 0 aliphatic carbocycles. The Kier molecular flexibility index (Phi) is 3.35. The molecular weight excluding hydrogens is 188 g/mol. The van der Waals surface area contributed by atoms with Crippen molar-refractivity contribution < 1.29 is 4.74 Å². The molecule has 1 aliphatic heterocycles. The highest BCUT2D eigenvalue weighted by molar-refractivity contribution is 5.99. The summed E-state index contributed by atoms with van der Waals surface area (Å²) in [7, 11) is 0. The van der Waals surface area contributed by atoms with E-state index in [0.29, 0.717) is 6.61 Å². The highest BCUT2D eigenvalue weighted by atomic mass is 16.5. The number of rotatable bonds is 4. The van der Waals surface area contributed by atoms with Crippen LogP contribution in [0.5, 0.6) is 0 Å². The molecule has 0 saturated heterocycles. The molecule has 0 fully saturated rings. The van der Waals surface area contributed by atoms with Gasteiger partial charge in [-0.3, -0.25) is 4.99 Å². The van der Waals surface area contributed by atoms with E-state index in [-0.39, 0.29) is 0 Å². The Hall–Kier alpha value is -1.35. The first-order valence-corrected chi connectivity index (χ1v) is 5.35. The Morgan fingerprint density at radius 2 is 2.13 bits per heavy atom. The van der Waals surface area contributed by atoms with E-state index in [0.717, 1.165) is 31.1 Å². The highest BCUT2D eigenvalue weighted by Gasteiger charge is 2.06. The minimum atomic E-state index is 0.691. The van der Waals surface area contributed by atoms with Crippen LogP contribution in [0.1, 0.15) is 18.1 Å². The minimum absolute atomic E-state index is 0.691. The van der Waals surface area contributed by atoms with E-state index >= 15 is 0 Å². The van der Waals surface area contributed by atoms with Gasteiger partial charge in [0.05, 0.1) is 13.2 Å². The summed E-state index contributed by atoms with van der Waals surface area (Å²) in [6.07, 6.45) is 0. The van der Waals surface area contributed by atoms with Gasteiger partial charge < -0.3 is 10.1 Å². The van der Waals surface area contributed by atoms with Crippen LogP contribution < -0.4 is 5.32 Å². The maximum atomic E-state index is 5.34. The summed E-state index contributed by atoms with van der Waals surface area (Å²) in [5.41, 5.74) is 2.37. The van der Waals surface area contributed by atoms with Crippen LogP contribution in [0.4, 0.5) is 0 Å². The van der Waals surface area contributed by atoms with Crippen LogP contribution in [0, 0.1) is 0 Å². The molecule has 1 aliphatic rings. The molecule has 3 nitrogen and oxygen atoms in total. The van der Waals surface area contributed by atoms with Crippen molar-refractivity contribution in [1.29, 1.82) is 0 Å². The fourth-order valence-corrected chi connectivity index (χ4v) is 1.57. The predicted octanol–water partition coefficient (Wildman–Crippen LogP) is 1.57. The molecule has 80 valence electrons. The normalized spacial score (nSPS) is 14.9. The van der Waals surface area contributed by atoms with Gasteiger partial charge in [0.15, 0.2) is 0 Å². The first-order valence-electron chi connectivity index (χ1n) is 5.35. The molecule has 2 rings (SSSR count). The molecule has 0 unspecified atom stereocenters. The quantitative estimate of drug-likeness (QED) is 0.807. The average molecular weight is 204 g/mol. The molecule has 1 aromatic carbocycles. The lowest BCUT2D eigenvalue weighted by Crippen LogP contribution is -2.19. The van der Waals surface area contributed by atoms with Gasteiger partial charge in [-0.1, -0.05) is 24.3 Å². The lowest BCUT2D eigenvalue weighted by molar-refractivity contribution is 0.134. The van der Waals surface area contributed by atoms with Gasteiger partial charge in [-0.25, -0.2) is 0 Å². The molecule has 0 saturated carbocycles. The monoisotopic (exact) mass is 204 g/mol. The number of benzene rings is 1. The molecule has 0 bridgehead atoms. The molecule has 1 N–H and O–H groups in total. The largest absolute Gasteiger partial charge is 0.377 e. The summed E-state index contributed by atoms with van der Waals surface area (Å²) in [6.45, 7) is 5.30. The number of hydrogen-bond acceptors (Lipinski definition) is 3. The average Bonchev–Trinajstić information content (AvgIpc) is 2.80. The fraction of sp³-hybridized carbons (Fsp3) is 0.417. The van der Waals surface area contributed by atoms with Gasteiger partial charge in [0, 0.05) is 18.7 Å². The van der Waals surface area contributed by atoms with Crippen molar-refractivity contribution in [3.8, 4) is 0 Å². The topological polar surface area (TPSA) is 33.6 Å². The van der Waals surface area contributed by atoms with Gasteiger partial charge >= 0.3 is 0 Å². The molecule has 0 spiro atoms. The zero-order chi connectivity index (χ0) is 10.5. The lowest BCUT2D eigenvalue weighted by Gasteiger charge is -2.04. The van der Waals surface area contributed by atoms with Gasteiger partial charge in [-0.05, 0) is 12.5 Å². The fourth-order valence-electron chi connectivity index (χ4n) is 1.57. The van der Waals surface area contributed by atoms with Crippen molar-refractivity contribution in [1.82, 2.24) is 5.32 Å². The molecule has 0 amide bonds. The van der Waals surface area contributed by atoms with Crippen molar-refractivity contribution in [2.24, 2.45) is 4.99 Å². The second-order valence-corrected chi connectivity index (χ2v) is 3.49. The van der Waals surface area contributed by atoms with Crippen LogP contribution in [0.15, 0.2) is 29.3 Å². The third-order valence-corrected chi connectivity index (χ3v) is 2.37. The van der Waals surface area contributed by atoms with Gasteiger partial charge in [0.25, 0.3) is 0 Å². The van der Waals surface area contributed by atoms with Crippen LogP contribution in [-0.2, 0) is 11.3 Å². The Morgan fingerprint density at radius 1 is 1.33 bits per heavy atom. The van der Waals surface area contributed by atoms with E-state index in [1.807, 2.05) is 6.92 Å². The summed E-state index contributed by atoms with van der Waals surface area (Å²) in [6, 6.07) is 8.36. The second-order valence-electron chi connectivity index (χ2n) is 3.49. The zero-order valence-corrected chi connectivity index (χ0v) is 8.99. The first-order chi connectivity index (χ1) is 7.40. The summed E-state index contributed by atoms with van der Waals surface area (Å²) in [5, 5.41) is 3.25. The van der Waals surface area contributed by atoms with Crippen LogP contribution >= 0.6 is 0 Å². The van der Waals surface area contributed by atoms with Crippen LogP contribution in [0.3, 0.4) is 0 Å². The summed E-state index contributed by atoms with van der Waals surface area (Å²) < 4.78 is 5.34. The van der Waals surface area contributed by atoms with Crippen molar-refractivity contribution in [2.75, 3.05) is 19.7 Å². The highest BCUT2D eigenvalue weighted by Crippen LogP contribution is 2.07. The minimum Gasteiger partial charge on any atom is -0.377 e. The van der Waals surface area contributed by atoms with E-state index < -0.39 is 0 Å². The Balaban J connectivity index is 2.03. The third kappa shape index (κ3) is 2.57. The van der Waals surface area contributed by atoms with Gasteiger partial charge in [-0.15, -0.1) is 0 Å². The molecule has 1 heterocycles. The number of aliphatic imine (C=N–C) groups is 1. The van der Waals surface area contributed by atoms with Gasteiger partial charge in [-0.2, -0.15) is 0 Å². The smallest absolute Gasteiger partial charge is 0.128 e.